The number of nitriles is 1. The van der Waals surface area contributed by atoms with E-state index in [1.165, 1.54) is 11.8 Å². The first-order valence-corrected chi connectivity index (χ1v) is 11.0. The molecule has 0 N–H and O–H groups in total. The molecule has 0 aliphatic heterocycles. The van der Waals surface area contributed by atoms with Crippen molar-refractivity contribution in [3.63, 3.8) is 0 Å². The summed E-state index contributed by atoms with van der Waals surface area (Å²) in [5.41, 5.74) is 0. The van der Waals surface area contributed by atoms with Gasteiger partial charge in [-0.05, 0) is 27.7 Å². The monoisotopic (exact) mass is 408 g/mol. The number of rotatable bonds is 16. The van der Waals surface area contributed by atoms with Gasteiger partial charge in [0.1, 0.15) is 0 Å². The minimum absolute atomic E-state index is 0.104. The standard InChI is InChI=1S/C17H33N2O5PS/c1-15(2)19(16(3)4)25(23-8-6-7-18)24-12-11-21-9-10-22-13-14-26-17(5)20/h15-16H,6,8-14H2,1-5H3. The molecule has 0 fully saturated rings. The molecule has 0 rings (SSSR count). The molecule has 0 heterocycles. The van der Waals surface area contributed by atoms with E-state index in [4.69, 9.17) is 23.8 Å². The maximum absolute atomic E-state index is 10.8. The van der Waals surface area contributed by atoms with Gasteiger partial charge in [0, 0.05) is 24.8 Å². The van der Waals surface area contributed by atoms with Crippen molar-refractivity contribution in [1.82, 2.24) is 4.67 Å². The normalized spacial score (nSPS) is 12.7. The third-order valence-corrected chi connectivity index (χ3v) is 5.88. The van der Waals surface area contributed by atoms with Crippen molar-refractivity contribution in [3.8, 4) is 6.07 Å². The summed E-state index contributed by atoms with van der Waals surface area (Å²) in [5.74, 6) is 0.670. The minimum Gasteiger partial charge on any atom is -0.378 e. The zero-order valence-electron chi connectivity index (χ0n) is 16.6. The van der Waals surface area contributed by atoms with Crippen LogP contribution in [-0.4, -0.2) is 67.3 Å². The fraction of sp³-hybridized carbons (Fsp3) is 0.882. The average Bonchev–Trinajstić information content (AvgIpc) is 2.55. The fourth-order valence-corrected chi connectivity index (χ4v) is 4.12. The summed E-state index contributed by atoms with van der Waals surface area (Å²) in [6.45, 7) is 12.7. The molecule has 0 aromatic heterocycles. The Bertz CT molecular complexity index is 399. The average molecular weight is 409 g/mol. The molecule has 0 aromatic carbocycles. The molecule has 0 saturated carbocycles. The second-order valence-corrected chi connectivity index (χ2v) is 8.67. The van der Waals surface area contributed by atoms with E-state index < -0.39 is 8.53 Å². The van der Waals surface area contributed by atoms with Gasteiger partial charge in [-0.3, -0.25) is 4.79 Å². The van der Waals surface area contributed by atoms with E-state index in [-0.39, 0.29) is 17.2 Å². The highest BCUT2D eigenvalue weighted by Crippen LogP contribution is 2.45. The van der Waals surface area contributed by atoms with Crippen LogP contribution in [0.1, 0.15) is 41.0 Å². The largest absolute Gasteiger partial charge is 0.378 e. The molecule has 0 saturated heterocycles. The van der Waals surface area contributed by atoms with Gasteiger partial charge in [0.15, 0.2) is 5.12 Å². The summed E-state index contributed by atoms with van der Waals surface area (Å²) in [6.07, 6.45) is 0.349. The van der Waals surface area contributed by atoms with Gasteiger partial charge in [0.05, 0.1) is 52.1 Å². The molecule has 1 atom stereocenters. The highest BCUT2D eigenvalue weighted by Gasteiger charge is 2.26. The molecule has 0 aliphatic rings. The molecule has 26 heavy (non-hydrogen) atoms. The molecule has 0 bridgehead atoms. The molecule has 0 spiro atoms. The molecule has 1 unspecified atom stereocenters. The number of hydrogen-bond acceptors (Lipinski definition) is 8. The van der Waals surface area contributed by atoms with Crippen molar-refractivity contribution in [3.05, 3.63) is 0 Å². The van der Waals surface area contributed by atoms with Crippen LogP contribution in [0, 0.1) is 11.3 Å². The van der Waals surface area contributed by atoms with Crippen LogP contribution >= 0.6 is 20.3 Å². The van der Waals surface area contributed by atoms with Crippen LogP contribution in [0.25, 0.3) is 0 Å². The van der Waals surface area contributed by atoms with E-state index in [2.05, 4.69) is 38.4 Å². The molecular formula is C17H33N2O5PS. The Labute approximate surface area is 163 Å². The Morgan fingerprint density at radius 2 is 1.54 bits per heavy atom. The molecule has 0 amide bonds. The Morgan fingerprint density at radius 1 is 1.00 bits per heavy atom. The van der Waals surface area contributed by atoms with E-state index in [0.717, 1.165) is 0 Å². The van der Waals surface area contributed by atoms with Crippen molar-refractivity contribution in [2.75, 3.05) is 45.4 Å². The lowest BCUT2D eigenvalue weighted by Crippen LogP contribution is -2.34. The van der Waals surface area contributed by atoms with Gasteiger partial charge in [-0.2, -0.15) is 5.26 Å². The predicted octanol–water partition coefficient (Wildman–Crippen LogP) is 3.59. The quantitative estimate of drug-likeness (QED) is 0.283. The van der Waals surface area contributed by atoms with Crippen LogP contribution in [0.3, 0.4) is 0 Å². The molecule has 0 aliphatic carbocycles. The van der Waals surface area contributed by atoms with Crippen molar-refractivity contribution in [1.29, 1.82) is 5.26 Å². The maximum Gasteiger partial charge on any atom is 0.259 e. The molecule has 7 nitrogen and oxygen atoms in total. The van der Waals surface area contributed by atoms with Crippen LogP contribution in [-0.2, 0) is 23.3 Å². The zero-order chi connectivity index (χ0) is 19.8. The number of nitrogens with zero attached hydrogens (tertiary/aromatic N) is 2. The van der Waals surface area contributed by atoms with Crippen LogP contribution in [0.2, 0.25) is 0 Å². The van der Waals surface area contributed by atoms with Crippen molar-refractivity contribution < 1.29 is 23.3 Å². The van der Waals surface area contributed by atoms with Gasteiger partial charge in [0.25, 0.3) is 8.53 Å². The van der Waals surface area contributed by atoms with E-state index in [0.29, 0.717) is 51.8 Å². The van der Waals surface area contributed by atoms with Crippen molar-refractivity contribution in [2.24, 2.45) is 0 Å². The highest BCUT2D eigenvalue weighted by atomic mass is 32.2. The van der Waals surface area contributed by atoms with Crippen LogP contribution in [0.15, 0.2) is 0 Å². The Kier molecular flexibility index (Phi) is 16.7. The molecular weight excluding hydrogens is 375 g/mol. The molecule has 9 heteroatoms. The first-order valence-electron chi connectivity index (χ1n) is 8.90. The first-order chi connectivity index (χ1) is 12.4. The van der Waals surface area contributed by atoms with E-state index >= 15 is 0 Å². The van der Waals surface area contributed by atoms with Gasteiger partial charge < -0.3 is 18.5 Å². The summed E-state index contributed by atoms with van der Waals surface area (Å²) in [6, 6.07) is 2.65. The SMILES string of the molecule is CC(=O)SCCOCCOCCOP(OCCC#N)N(C(C)C)C(C)C. The van der Waals surface area contributed by atoms with Crippen LogP contribution < -0.4 is 0 Å². The van der Waals surface area contributed by atoms with Crippen molar-refractivity contribution >= 4 is 25.4 Å². The Morgan fingerprint density at radius 3 is 2.08 bits per heavy atom. The Hall–Kier alpha value is -0.260. The van der Waals surface area contributed by atoms with E-state index in [1.54, 1.807) is 6.92 Å². The lowest BCUT2D eigenvalue weighted by Gasteiger charge is -2.35. The number of hydrogen-bond donors (Lipinski definition) is 0. The summed E-state index contributed by atoms with van der Waals surface area (Å²) < 4.78 is 24.8. The summed E-state index contributed by atoms with van der Waals surface area (Å²) in [4.78, 5) is 10.8. The number of carbonyl (C=O) groups excluding carboxylic acids is 1. The van der Waals surface area contributed by atoms with Gasteiger partial charge in [-0.25, -0.2) is 4.67 Å². The van der Waals surface area contributed by atoms with Crippen molar-refractivity contribution in [2.45, 2.75) is 53.1 Å². The Balaban J connectivity index is 3.98. The summed E-state index contributed by atoms with van der Waals surface area (Å²) >= 11 is 1.26. The van der Waals surface area contributed by atoms with E-state index in [9.17, 15) is 4.79 Å². The number of thioether (sulfide) groups is 1. The molecule has 0 radical (unpaired) electrons. The topological polar surface area (TPSA) is 81.0 Å². The summed E-state index contributed by atoms with van der Waals surface area (Å²) in [7, 11) is -1.22. The fourth-order valence-electron chi connectivity index (χ4n) is 2.05. The summed E-state index contributed by atoms with van der Waals surface area (Å²) in [5, 5.41) is 8.79. The molecule has 0 aromatic rings. The van der Waals surface area contributed by atoms with Gasteiger partial charge in [-0.15, -0.1) is 0 Å². The first kappa shape index (κ1) is 25.7. The van der Waals surface area contributed by atoms with Gasteiger partial charge in [-0.1, -0.05) is 11.8 Å². The number of ether oxygens (including phenoxy) is 2. The highest BCUT2D eigenvalue weighted by molar-refractivity contribution is 8.13. The maximum atomic E-state index is 10.8. The van der Waals surface area contributed by atoms with Gasteiger partial charge in [0.2, 0.25) is 0 Å². The van der Waals surface area contributed by atoms with Crippen LogP contribution in [0.5, 0.6) is 0 Å². The number of carbonyl (C=O) groups is 1. The lowest BCUT2D eigenvalue weighted by atomic mass is 10.3. The third kappa shape index (κ3) is 13.9. The second kappa shape index (κ2) is 16.9. The lowest BCUT2D eigenvalue weighted by molar-refractivity contribution is -0.109. The van der Waals surface area contributed by atoms with Crippen LogP contribution in [0.4, 0.5) is 0 Å². The predicted molar refractivity (Wildman–Crippen MR) is 106 cm³/mol. The van der Waals surface area contributed by atoms with E-state index in [1.807, 2.05) is 0 Å². The minimum atomic E-state index is -1.22. The van der Waals surface area contributed by atoms with Gasteiger partial charge >= 0.3 is 0 Å². The second-order valence-electron chi connectivity index (χ2n) is 5.94. The third-order valence-electron chi connectivity index (χ3n) is 3.00. The smallest absolute Gasteiger partial charge is 0.259 e. The molecule has 152 valence electrons. The zero-order valence-corrected chi connectivity index (χ0v) is 18.3.